The summed E-state index contributed by atoms with van der Waals surface area (Å²) in [7, 11) is 0. The molecule has 0 radical (unpaired) electrons. The van der Waals surface area contributed by atoms with Gasteiger partial charge in [-0.3, -0.25) is 0 Å². The van der Waals surface area contributed by atoms with Gasteiger partial charge in [-0.25, -0.2) is 0 Å². The van der Waals surface area contributed by atoms with E-state index in [0.29, 0.717) is 11.3 Å². The number of nitrogens with zero attached hydrogens (tertiary/aromatic N) is 2. The molecule has 4 heteroatoms. The summed E-state index contributed by atoms with van der Waals surface area (Å²) in [6, 6.07) is 9.97. The summed E-state index contributed by atoms with van der Waals surface area (Å²) in [5.74, 6) is 0. The lowest BCUT2D eigenvalue weighted by molar-refractivity contribution is 0.745. The van der Waals surface area contributed by atoms with E-state index in [0.717, 1.165) is 25.2 Å². The van der Waals surface area contributed by atoms with Crippen molar-refractivity contribution in [3.05, 3.63) is 45.6 Å². The monoisotopic (exact) mass is 255 g/mol. The molecule has 1 aromatic carbocycles. The summed E-state index contributed by atoms with van der Waals surface area (Å²) in [6.07, 6.45) is 1.06. The van der Waals surface area contributed by atoms with Gasteiger partial charge in [-0.2, -0.15) is 5.26 Å². The van der Waals surface area contributed by atoms with Crippen molar-refractivity contribution < 1.29 is 0 Å². The van der Waals surface area contributed by atoms with Crippen molar-refractivity contribution in [3.63, 3.8) is 0 Å². The first-order valence-electron chi connectivity index (χ1n) is 5.88. The standard InChI is InChI=1S/C14H13N3S/c15-8-10-2-1-3-12(14(10)16)17-6-4-13-11(9-17)5-7-18-13/h1-3,5,7H,4,6,9,16H2. The van der Waals surface area contributed by atoms with Crippen molar-refractivity contribution in [2.45, 2.75) is 13.0 Å². The van der Waals surface area contributed by atoms with Crippen LogP contribution in [0.25, 0.3) is 0 Å². The van der Waals surface area contributed by atoms with E-state index in [1.165, 1.54) is 10.4 Å². The van der Waals surface area contributed by atoms with Gasteiger partial charge < -0.3 is 10.6 Å². The van der Waals surface area contributed by atoms with E-state index < -0.39 is 0 Å². The molecule has 0 saturated heterocycles. The zero-order valence-corrected chi connectivity index (χ0v) is 10.7. The molecule has 0 amide bonds. The number of benzene rings is 1. The third-order valence-corrected chi connectivity index (χ3v) is 4.37. The van der Waals surface area contributed by atoms with Crippen molar-refractivity contribution >= 4 is 22.7 Å². The Labute approximate surface area is 110 Å². The quantitative estimate of drug-likeness (QED) is 0.797. The summed E-state index contributed by atoms with van der Waals surface area (Å²) in [4.78, 5) is 3.73. The lowest BCUT2D eigenvalue weighted by Crippen LogP contribution is -2.30. The highest BCUT2D eigenvalue weighted by atomic mass is 32.1. The number of nitriles is 1. The van der Waals surface area contributed by atoms with Crippen LogP contribution in [-0.4, -0.2) is 6.54 Å². The van der Waals surface area contributed by atoms with E-state index in [4.69, 9.17) is 11.0 Å². The minimum absolute atomic E-state index is 0.559. The van der Waals surface area contributed by atoms with Gasteiger partial charge in [0, 0.05) is 18.0 Å². The first-order chi connectivity index (χ1) is 8.79. The lowest BCUT2D eigenvalue weighted by Gasteiger charge is -2.30. The topological polar surface area (TPSA) is 53.0 Å². The fourth-order valence-corrected chi connectivity index (χ4v) is 3.27. The van der Waals surface area contributed by atoms with Crippen LogP contribution in [0, 0.1) is 11.3 Å². The molecule has 1 aliphatic rings. The minimum atomic E-state index is 0.559. The van der Waals surface area contributed by atoms with Gasteiger partial charge in [0.1, 0.15) is 6.07 Å². The molecule has 0 saturated carbocycles. The number of para-hydroxylation sites is 1. The molecule has 2 aromatic rings. The van der Waals surface area contributed by atoms with E-state index in [1.807, 2.05) is 23.5 Å². The molecule has 0 bridgehead atoms. The van der Waals surface area contributed by atoms with Gasteiger partial charge in [-0.15, -0.1) is 11.3 Å². The number of nitrogens with two attached hydrogens (primary N) is 1. The Morgan fingerprint density at radius 1 is 1.33 bits per heavy atom. The van der Waals surface area contributed by atoms with Crippen LogP contribution < -0.4 is 10.6 Å². The number of thiophene rings is 1. The second kappa shape index (κ2) is 4.35. The van der Waals surface area contributed by atoms with Crippen LogP contribution in [0.3, 0.4) is 0 Å². The Balaban J connectivity index is 1.96. The van der Waals surface area contributed by atoms with Crippen LogP contribution in [-0.2, 0) is 13.0 Å². The SMILES string of the molecule is N#Cc1cccc(N2CCc3sccc3C2)c1N. The molecule has 0 atom stereocenters. The van der Waals surface area contributed by atoms with Gasteiger partial charge in [0.25, 0.3) is 0 Å². The van der Waals surface area contributed by atoms with Crippen molar-refractivity contribution in [1.82, 2.24) is 0 Å². The summed E-state index contributed by atoms with van der Waals surface area (Å²) < 4.78 is 0. The van der Waals surface area contributed by atoms with Gasteiger partial charge in [-0.05, 0) is 35.6 Å². The highest BCUT2D eigenvalue weighted by Gasteiger charge is 2.19. The maximum Gasteiger partial charge on any atom is 0.101 e. The van der Waals surface area contributed by atoms with Crippen molar-refractivity contribution in [1.29, 1.82) is 5.26 Å². The van der Waals surface area contributed by atoms with Gasteiger partial charge >= 0.3 is 0 Å². The number of hydrogen-bond acceptors (Lipinski definition) is 4. The first-order valence-corrected chi connectivity index (χ1v) is 6.76. The number of rotatable bonds is 1. The van der Waals surface area contributed by atoms with Crippen LogP contribution in [0.2, 0.25) is 0 Å². The molecule has 0 fully saturated rings. The van der Waals surface area contributed by atoms with Crippen molar-refractivity contribution in [2.75, 3.05) is 17.2 Å². The molecule has 1 aliphatic heterocycles. The molecule has 3 rings (SSSR count). The maximum absolute atomic E-state index is 9.02. The van der Waals surface area contributed by atoms with E-state index in [2.05, 4.69) is 22.4 Å². The van der Waals surface area contributed by atoms with Gasteiger partial charge in [0.15, 0.2) is 0 Å². The predicted molar refractivity (Wildman–Crippen MR) is 74.6 cm³/mol. The third-order valence-electron chi connectivity index (χ3n) is 3.35. The van der Waals surface area contributed by atoms with E-state index >= 15 is 0 Å². The second-order valence-electron chi connectivity index (χ2n) is 4.39. The van der Waals surface area contributed by atoms with E-state index in [-0.39, 0.29) is 0 Å². The van der Waals surface area contributed by atoms with Crippen LogP contribution >= 0.6 is 11.3 Å². The molecular weight excluding hydrogens is 242 g/mol. The zero-order valence-electron chi connectivity index (χ0n) is 9.89. The highest BCUT2D eigenvalue weighted by molar-refractivity contribution is 7.10. The Morgan fingerprint density at radius 2 is 2.22 bits per heavy atom. The first kappa shape index (κ1) is 11.1. The smallest absolute Gasteiger partial charge is 0.101 e. The summed E-state index contributed by atoms with van der Waals surface area (Å²) in [5.41, 5.74) is 9.57. The van der Waals surface area contributed by atoms with Crippen LogP contribution in [0.1, 0.15) is 16.0 Å². The lowest BCUT2D eigenvalue weighted by atomic mass is 10.1. The molecule has 2 N–H and O–H groups in total. The minimum Gasteiger partial charge on any atom is -0.396 e. The fourth-order valence-electron chi connectivity index (χ4n) is 2.38. The molecule has 2 heterocycles. The molecule has 0 spiro atoms. The Morgan fingerprint density at radius 3 is 3.06 bits per heavy atom. The number of nitrogen functional groups attached to an aromatic ring is 1. The Hall–Kier alpha value is -1.99. The summed E-state index contributed by atoms with van der Waals surface area (Å²) >= 11 is 1.82. The van der Waals surface area contributed by atoms with Crippen molar-refractivity contribution in [3.8, 4) is 6.07 Å². The maximum atomic E-state index is 9.02. The molecular formula is C14H13N3S. The average Bonchev–Trinajstić information content (AvgIpc) is 2.86. The molecule has 0 aliphatic carbocycles. The van der Waals surface area contributed by atoms with Crippen LogP contribution in [0.4, 0.5) is 11.4 Å². The molecule has 3 nitrogen and oxygen atoms in total. The van der Waals surface area contributed by atoms with Crippen LogP contribution in [0.5, 0.6) is 0 Å². The Bertz CT molecular complexity index is 624. The number of anilines is 2. The average molecular weight is 255 g/mol. The van der Waals surface area contributed by atoms with E-state index in [9.17, 15) is 0 Å². The largest absolute Gasteiger partial charge is 0.396 e. The number of hydrogen-bond donors (Lipinski definition) is 1. The van der Waals surface area contributed by atoms with Crippen LogP contribution in [0.15, 0.2) is 29.6 Å². The van der Waals surface area contributed by atoms with Gasteiger partial charge in [-0.1, -0.05) is 6.07 Å². The van der Waals surface area contributed by atoms with E-state index in [1.54, 1.807) is 6.07 Å². The third kappa shape index (κ3) is 1.73. The molecule has 0 unspecified atom stereocenters. The Kier molecular flexibility index (Phi) is 2.69. The highest BCUT2D eigenvalue weighted by Crippen LogP contribution is 2.32. The molecule has 90 valence electrons. The normalized spacial score (nSPS) is 14.1. The molecule has 18 heavy (non-hydrogen) atoms. The van der Waals surface area contributed by atoms with Crippen molar-refractivity contribution in [2.24, 2.45) is 0 Å². The second-order valence-corrected chi connectivity index (χ2v) is 5.39. The fraction of sp³-hybridized carbons (Fsp3) is 0.214. The summed E-state index contributed by atoms with van der Waals surface area (Å²) in [5, 5.41) is 11.2. The summed E-state index contributed by atoms with van der Waals surface area (Å²) in [6.45, 7) is 1.85. The van der Waals surface area contributed by atoms with Gasteiger partial charge in [0.05, 0.1) is 16.9 Å². The zero-order chi connectivity index (χ0) is 12.5. The molecule has 1 aromatic heterocycles. The predicted octanol–water partition coefficient (Wildman–Crippen LogP) is 2.76. The number of fused-ring (bicyclic) bond motifs is 1. The van der Waals surface area contributed by atoms with Gasteiger partial charge in [0.2, 0.25) is 0 Å².